The summed E-state index contributed by atoms with van der Waals surface area (Å²) in [6.07, 6.45) is 4.91. The van der Waals surface area contributed by atoms with Crippen molar-refractivity contribution in [3.63, 3.8) is 0 Å². The second-order valence-electron chi connectivity index (χ2n) is 5.09. The Bertz CT molecular complexity index is 249. The van der Waals surface area contributed by atoms with Crippen molar-refractivity contribution in [3.8, 4) is 0 Å². The lowest BCUT2D eigenvalue weighted by Crippen LogP contribution is -2.34. The number of nitrogens with zero attached hydrogens (tertiary/aromatic N) is 1. The summed E-state index contributed by atoms with van der Waals surface area (Å²) in [7, 11) is 0. The molecule has 3 unspecified atom stereocenters. The topological polar surface area (TPSA) is 20.3 Å². The number of halogens is 1. The smallest absolute Gasteiger partial charge is 0.225 e. The summed E-state index contributed by atoms with van der Waals surface area (Å²) in [5.74, 6) is 2.67. The van der Waals surface area contributed by atoms with E-state index >= 15 is 0 Å². The van der Waals surface area contributed by atoms with E-state index in [1.165, 1.54) is 19.3 Å². The van der Waals surface area contributed by atoms with Gasteiger partial charge >= 0.3 is 0 Å². The monoisotopic (exact) mass is 257 g/mol. The van der Waals surface area contributed by atoms with Gasteiger partial charge in [-0.3, -0.25) is 4.79 Å². The van der Waals surface area contributed by atoms with Crippen LogP contribution >= 0.6 is 15.9 Å². The van der Waals surface area contributed by atoms with Crippen LogP contribution in [0.4, 0.5) is 0 Å². The van der Waals surface area contributed by atoms with Gasteiger partial charge in [0.05, 0.1) is 0 Å². The molecule has 3 fully saturated rings. The van der Waals surface area contributed by atoms with E-state index in [2.05, 4.69) is 20.8 Å². The van der Waals surface area contributed by atoms with Gasteiger partial charge in [-0.25, -0.2) is 0 Å². The predicted octanol–water partition coefficient (Wildman–Crippen LogP) is 2.03. The van der Waals surface area contributed by atoms with Gasteiger partial charge in [-0.1, -0.05) is 15.9 Å². The van der Waals surface area contributed by atoms with Gasteiger partial charge in [-0.15, -0.1) is 0 Å². The third-order valence-corrected chi connectivity index (χ3v) is 4.78. The minimum absolute atomic E-state index is 0.386. The molecule has 0 aromatic carbocycles. The fraction of sp³-hybridized carbons (Fsp3) is 0.909. The highest BCUT2D eigenvalue weighted by molar-refractivity contribution is 9.09. The second-order valence-corrected chi connectivity index (χ2v) is 6.39. The molecular formula is C11H16BrNO. The average molecular weight is 258 g/mol. The predicted molar refractivity (Wildman–Crippen MR) is 58.2 cm³/mol. The van der Waals surface area contributed by atoms with Gasteiger partial charge in [-0.05, 0) is 37.5 Å². The van der Waals surface area contributed by atoms with Crippen LogP contribution in [0.1, 0.15) is 25.7 Å². The molecule has 0 aromatic heterocycles. The Morgan fingerprint density at radius 1 is 1.21 bits per heavy atom. The minimum atomic E-state index is 0.386. The second kappa shape index (κ2) is 3.22. The van der Waals surface area contributed by atoms with Gasteiger partial charge in [0.1, 0.15) is 0 Å². The minimum Gasteiger partial charge on any atom is -0.341 e. The molecule has 3 heteroatoms. The molecule has 0 bridgehead atoms. The molecule has 1 aliphatic heterocycles. The Labute approximate surface area is 93.2 Å². The summed E-state index contributed by atoms with van der Waals surface area (Å²) >= 11 is 3.58. The molecule has 14 heavy (non-hydrogen) atoms. The first-order chi connectivity index (χ1) is 6.74. The van der Waals surface area contributed by atoms with Crippen LogP contribution in [0.3, 0.4) is 0 Å². The van der Waals surface area contributed by atoms with E-state index in [1.54, 1.807) is 0 Å². The number of likely N-dealkylation sites (tertiary alicyclic amines) is 1. The fourth-order valence-corrected chi connectivity index (χ4v) is 3.65. The molecule has 0 aromatic rings. The summed E-state index contributed by atoms with van der Waals surface area (Å²) in [4.78, 5) is 14.7. The van der Waals surface area contributed by atoms with Crippen LogP contribution in [0.25, 0.3) is 0 Å². The number of amides is 1. The Morgan fingerprint density at radius 3 is 2.50 bits per heavy atom. The van der Waals surface area contributed by atoms with E-state index < -0.39 is 0 Å². The Hall–Kier alpha value is -0.0500. The van der Waals surface area contributed by atoms with Gasteiger partial charge in [0.15, 0.2) is 0 Å². The van der Waals surface area contributed by atoms with Crippen LogP contribution in [0, 0.1) is 17.8 Å². The number of carbonyl (C=O) groups is 1. The number of rotatable bonds is 1. The lowest BCUT2D eigenvalue weighted by atomic mass is 10.0. The highest BCUT2D eigenvalue weighted by Crippen LogP contribution is 2.54. The normalized spacial score (nSPS) is 45.4. The molecule has 78 valence electrons. The number of fused-ring (bicyclic) bond motifs is 1. The molecule has 0 N–H and O–H groups in total. The maximum absolute atomic E-state index is 12.1. The van der Waals surface area contributed by atoms with E-state index in [0.29, 0.717) is 16.7 Å². The lowest BCUT2D eigenvalue weighted by Gasteiger charge is -2.20. The summed E-state index contributed by atoms with van der Waals surface area (Å²) in [5.41, 5.74) is 0. The maximum atomic E-state index is 12.1. The average Bonchev–Trinajstić information content (AvgIpc) is 2.64. The van der Waals surface area contributed by atoms with Crippen LogP contribution < -0.4 is 0 Å². The van der Waals surface area contributed by atoms with Crippen LogP contribution in [0.5, 0.6) is 0 Å². The van der Waals surface area contributed by atoms with E-state index in [1.807, 2.05) is 0 Å². The molecule has 1 heterocycles. The van der Waals surface area contributed by atoms with Crippen molar-refractivity contribution in [1.82, 2.24) is 4.90 Å². The number of carbonyl (C=O) groups excluding carboxylic acids is 1. The van der Waals surface area contributed by atoms with Crippen molar-refractivity contribution in [2.45, 2.75) is 30.5 Å². The first-order valence-electron chi connectivity index (χ1n) is 5.67. The van der Waals surface area contributed by atoms with Crippen LogP contribution in [0.2, 0.25) is 0 Å². The molecule has 0 radical (unpaired) electrons. The Morgan fingerprint density at radius 2 is 1.93 bits per heavy atom. The Kier molecular flexibility index (Phi) is 2.12. The highest BCUT2D eigenvalue weighted by atomic mass is 79.9. The summed E-state index contributed by atoms with van der Waals surface area (Å²) in [6, 6.07) is 0. The molecule has 2 aliphatic carbocycles. The molecule has 2 nitrogen and oxygen atoms in total. The third-order valence-electron chi connectivity index (χ3n) is 4.04. The lowest BCUT2D eigenvalue weighted by molar-refractivity contribution is -0.134. The number of alkyl halides is 1. The Balaban J connectivity index is 1.59. The molecule has 1 amide bonds. The summed E-state index contributed by atoms with van der Waals surface area (Å²) < 4.78 is 0. The van der Waals surface area contributed by atoms with E-state index in [0.717, 1.165) is 31.3 Å². The van der Waals surface area contributed by atoms with Crippen LogP contribution in [-0.4, -0.2) is 28.7 Å². The first kappa shape index (κ1) is 9.20. The third kappa shape index (κ3) is 1.50. The van der Waals surface area contributed by atoms with Crippen molar-refractivity contribution in [2.24, 2.45) is 17.8 Å². The number of hydrogen-bond donors (Lipinski definition) is 0. The van der Waals surface area contributed by atoms with Gasteiger partial charge in [0.25, 0.3) is 0 Å². The molecule has 3 atom stereocenters. The van der Waals surface area contributed by atoms with E-state index in [9.17, 15) is 4.79 Å². The van der Waals surface area contributed by atoms with Crippen molar-refractivity contribution in [3.05, 3.63) is 0 Å². The van der Waals surface area contributed by atoms with Crippen molar-refractivity contribution < 1.29 is 4.79 Å². The van der Waals surface area contributed by atoms with Gasteiger partial charge in [0, 0.05) is 23.8 Å². The first-order valence-corrected chi connectivity index (χ1v) is 6.58. The zero-order chi connectivity index (χ0) is 9.71. The zero-order valence-electron chi connectivity index (χ0n) is 8.29. The molecule has 0 spiro atoms. The van der Waals surface area contributed by atoms with Crippen molar-refractivity contribution >= 4 is 21.8 Å². The molecule has 2 saturated carbocycles. The maximum Gasteiger partial charge on any atom is 0.225 e. The van der Waals surface area contributed by atoms with Crippen LogP contribution in [0.15, 0.2) is 0 Å². The van der Waals surface area contributed by atoms with E-state index in [-0.39, 0.29) is 0 Å². The molecular weight excluding hydrogens is 242 g/mol. The van der Waals surface area contributed by atoms with Crippen molar-refractivity contribution in [1.29, 1.82) is 0 Å². The summed E-state index contributed by atoms with van der Waals surface area (Å²) in [6.45, 7) is 1.91. The SMILES string of the molecule is O=C(C1CC2CC2C1)N1CCC(Br)C1. The van der Waals surface area contributed by atoms with Gasteiger partial charge in [0.2, 0.25) is 5.91 Å². The zero-order valence-corrected chi connectivity index (χ0v) is 9.87. The standard InChI is InChI=1S/C11H16BrNO/c12-10-1-2-13(6-10)11(14)9-4-7-3-8(7)5-9/h7-10H,1-6H2. The van der Waals surface area contributed by atoms with Crippen LogP contribution in [-0.2, 0) is 4.79 Å². The fourth-order valence-electron chi connectivity index (χ4n) is 3.09. The molecule has 3 rings (SSSR count). The van der Waals surface area contributed by atoms with Crippen molar-refractivity contribution in [2.75, 3.05) is 13.1 Å². The summed E-state index contributed by atoms with van der Waals surface area (Å²) in [5, 5.41) is 0. The van der Waals surface area contributed by atoms with E-state index in [4.69, 9.17) is 0 Å². The highest BCUT2D eigenvalue weighted by Gasteiger charge is 2.49. The number of hydrogen-bond acceptors (Lipinski definition) is 1. The largest absolute Gasteiger partial charge is 0.341 e. The quantitative estimate of drug-likeness (QED) is 0.659. The van der Waals surface area contributed by atoms with Gasteiger partial charge < -0.3 is 4.90 Å². The molecule has 3 aliphatic rings. The van der Waals surface area contributed by atoms with Gasteiger partial charge in [-0.2, -0.15) is 0 Å². The molecule has 1 saturated heterocycles.